The number of ether oxygens (including phenoxy) is 3. The van der Waals surface area contributed by atoms with Gasteiger partial charge in [-0.1, -0.05) is 6.07 Å². The molecule has 1 aromatic carbocycles. The van der Waals surface area contributed by atoms with Crippen molar-refractivity contribution in [1.29, 1.82) is 0 Å². The van der Waals surface area contributed by atoms with Crippen LogP contribution in [-0.2, 0) is 16.0 Å². The molecule has 0 aliphatic carbocycles. The summed E-state index contributed by atoms with van der Waals surface area (Å²) in [4.78, 5) is 26.2. The summed E-state index contributed by atoms with van der Waals surface area (Å²) >= 11 is 1.68. The van der Waals surface area contributed by atoms with Crippen molar-refractivity contribution < 1.29 is 19.0 Å². The van der Waals surface area contributed by atoms with Crippen molar-refractivity contribution >= 4 is 39.3 Å². The van der Waals surface area contributed by atoms with Gasteiger partial charge in [0, 0.05) is 24.5 Å². The van der Waals surface area contributed by atoms with Crippen LogP contribution in [0.4, 0.5) is 11.8 Å². The molecule has 0 radical (unpaired) electrons. The summed E-state index contributed by atoms with van der Waals surface area (Å²) in [5, 5.41) is 4.57. The van der Waals surface area contributed by atoms with Crippen LogP contribution in [0.25, 0.3) is 10.2 Å². The smallest absolute Gasteiger partial charge is 0.309 e. The Morgan fingerprint density at radius 2 is 2.03 bits per heavy atom. The number of anilines is 2. The maximum absolute atomic E-state index is 12.1. The molecule has 0 spiro atoms. The number of thiophene rings is 1. The molecule has 2 aliphatic heterocycles. The lowest BCUT2D eigenvalue weighted by Gasteiger charge is -2.31. The normalized spacial score (nSPS) is 15.8. The first-order valence-electron chi connectivity index (χ1n) is 11.4. The Bertz CT molecular complexity index is 1160. The van der Waals surface area contributed by atoms with E-state index in [9.17, 15) is 4.79 Å². The molecule has 2 aromatic heterocycles. The molecule has 0 bridgehead atoms. The first-order chi connectivity index (χ1) is 16.1. The minimum Gasteiger partial charge on any atom is -0.466 e. The fourth-order valence-corrected chi connectivity index (χ4v) is 5.18. The van der Waals surface area contributed by atoms with Gasteiger partial charge in [-0.15, -0.1) is 11.3 Å². The van der Waals surface area contributed by atoms with Gasteiger partial charge in [-0.25, -0.2) is 4.98 Å². The van der Waals surface area contributed by atoms with E-state index in [2.05, 4.69) is 29.3 Å². The van der Waals surface area contributed by atoms with E-state index < -0.39 is 0 Å². The Kier molecular flexibility index (Phi) is 6.22. The average molecular weight is 469 g/mol. The van der Waals surface area contributed by atoms with E-state index in [0.29, 0.717) is 6.61 Å². The minimum absolute atomic E-state index is 0.0341. The maximum Gasteiger partial charge on any atom is 0.309 e. The third-order valence-electron chi connectivity index (χ3n) is 6.04. The molecule has 8 nitrogen and oxygen atoms in total. The predicted molar refractivity (Wildman–Crippen MR) is 128 cm³/mol. The number of benzene rings is 1. The van der Waals surface area contributed by atoms with Gasteiger partial charge >= 0.3 is 5.97 Å². The number of rotatable bonds is 7. The molecular formula is C24H28N4O4S. The third kappa shape index (κ3) is 4.68. The number of nitrogens with one attached hydrogen (secondary N) is 1. The number of piperidine rings is 1. The molecule has 1 fully saturated rings. The molecule has 5 rings (SSSR count). The van der Waals surface area contributed by atoms with Crippen LogP contribution in [0.2, 0.25) is 0 Å². The van der Waals surface area contributed by atoms with Crippen molar-refractivity contribution in [3.8, 4) is 11.5 Å². The molecule has 3 aromatic rings. The number of aromatic nitrogens is 2. The summed E-state index contributed by atoms with van der Waals surface area (Å²) in [7, 11) is 0. The topological polar surface area (TPSA) is 85.8 Å². The lowest BCUT2D eigenvalue weighted by atomic mass is 9.97. The van der Waals surface area contributed by atoms with E-state index in [4.69, 9.17) is 24.2 Å². The molecule has 1 N–H and O–H groups in total. The number of fused-ring (bicyclic) bond motifs is 2. The number of carbonyl (C=O) groups excluding carboxylic acids is 1. The van der Waals surface area contributed by atoms with Gasteiger partial charge in [-0.05, 0) is 56.9 Å². The van der Waals surface area contributed by atoms with Crippen LogP contribution in [0.1, 0.15) is 30.2 Å². The van der Waals surface area contributed by atoms with Gasteiger partial charge in [0.2, 0.25) is 12.7 Å². The van der Waals surface area contributed by atoms with Crippen LogP contribution in [0.15, 0.2) is 24.3 Å². The highest BCUT2D eigenvalue weighted by molar-refractivity contribution is 7.18. The van der Waals surface area contributed by atoms with Gasteiger partial charge in [-0.3, -0.25) is 4.79 Å². The Balaban J connectivity index is 1.29. The summed E-state index contributed by atoms with van der Waals surface area (Å²) < 4.78 is 16.1. The van der Waals surface area contributed by atoms with Crippen molar-refractivity contribution in [3.63, 3.8) is 0 Å². The molecule has 4 heterocycles. The van der Waals surface area contributed by atoms with E-state index in [1.54, 1.807) is 11.3 Å². The van der Waals surface area contributed by atoms with E-state index in [-0.39, 0.29) is 18.7 Å². The molecule has 0 saturated carbocycles. The van der Waals surface area contributed by atoms with E-state index >= 15 is 0 Å². The monoisotopic (exact) mass is 468 g/mol. The molecule has 0 unspecified atom stereocenters. The Morgan fingerprint density at radius 3 is 2.85 bits per heavy atom. The molecular weight excluding hydrogens is 440 g/mol. The van der Waals surface area contributed by atoms with Crippen LogP contribution in [0.5, 0.6) is 11.5 Å². The standard InChI is InChI=1S/C24H28N4O4S/c1-3-30-23(29)17-7-10-28(11-8-17)24-26-21(18-12-15(2)33-22(18)27-24)25-9-6-16-4-5-19-20(13-16)32-14-31-19/h4-5,12-13,17H,3,6-11,14H2,1-2H3,(H,25,26,27). The Hall–Kier alpha value is -3.07. The minimum atomic E-state index is -0.0896. The zero-order valence-electron chi connectivity index (χ0n) is 18.9. The molecule has 9 heteroatoms. The Morgan fingerprint density at radius 1 is 1.21 bits per heavy atom. The number of aryl methyl sites for hydroxylation is 1. The highest BCUT2D eigenvalue weighted by atomic mass is 32.1. The zero-order chi connectivity index (χ0) is 22.8. The van der Waals surface area contributed by atoms with Gasteiger partial charge in [0.1, 0.15) is 10.6 Å². The fraction of sp³-hybridized carbons (Fsp3) is 0.458. The summed E-state index contributed by atoms with van der Waals surface area (Å²) in [5.74, 6) is 3.06. The number of esters is 1. The van der Waals surface area contributed by atoms with Gasteiger partial charge in [0.05, 0.1) is 17.9 Å². The summed E-state index contributed by atoms with van der Waals surface area (Å²) in [6.07, 6.45) is 2.36. The van der Waals surface area contributed by atoms with Gasteiger partial charge in [0.15, 0.2) is 11.5 Å². The van der Waals surface area contributed by atoms with E-state index in [0.717, 1.165) is 72.4 Å². The SMILES string of the molecule is CCOC(=O)C1CCN(c2nc(NCCc3ccc4c(c3)OCO4)c3cc(C)sc3n2)CC1. The van der Waals surface area contributed by atoms with Gasteiger partial charge in [-0.2, -0.15) is 4.98 Å². The lowest BCUT2D eigenvalue weighted by molar-refractivity contribution is -0.148. The second kappa shape index (κ2) is 9.43. The molecule has 0 amide bonds. The molecule has 2 aliphatic rings. The van der Waals surface area contributed by atoms with Crippen molar-refractivity contribution in [1.82, 2.24) is 9.97 Å². The van der Waals surface area contributed by atoms with Crippen LogP contribution in [0.3, 0.4) is 0 Å². The summed E-state index contributed by atoms with van der Waals surface area (Å²) in [6.45, 7) is 6.88. The first kappa shape index (κ1) is 21.8. The van der Waals surface area contributed by atoms with E-state index in [1.165, 1.54) is 10.4 Å². The third-order valence-corrected chi connectivity index (χ3v) is 6.99. The molecule has 33 heavy (non-hydrogen) atoms. The Labute approximate surface area is 196 Å². The second-order valence-corrected chi connectivity index (χ2v) is 9.56. The highest BCUT2D eigenvalue weighted by Gasteiger charge is 2.27. The van der Waals surface area contributed by atoms with Crippen LogP contribution >= 0.6 is 11.3 Å². The maximum atomic E-state index is 12.1. The molecule has 174 valence electrons. The number of hydrogen-bond donors (Lipinski definition) is 1. The average Bonchev–Trinajstić information content (AvgIpc) is 3.44. The van der Waals surface area contributed by atoms with Crippen LogP contribution in [-0.4, -0.2) is 49.0 Å². The van der Waals surface area contributed by atoms with Gasteiger partial charge in [0.25, 0.3) is 0 Å². The number of nitrogens with zero attached hydrogens (tertiary/aromatic N) is 3. The van der Waals surface area contributed by atoms with Crippen molar-refractivity contribution in [2.24, 2.45) is 5.92 Å². The summed E-state index contributed by atoms with van der Waals surface area (Å²) in [6, 6.07) is 8.20. The first-order valence-corrected chi connectivity index (χ1v) is 12.2. The van der Waals surface area contributed by atoms with Gasteiger partial charge < -0.3 is 24.4 Å². The second-order valence-electron chi connectivity index (χ2n) is 8.33. The van der Waals surface area contributed by atoms with Crippen LogP contribution in [0, 0.1) is 12.8 Å². The quantitative estimate of drug-likeness (QED) is 0.518. The van der Waals surface area contributed by atoms with Crippen molar-refractivity contribution in [2.75, 3.05) is 43.3 Å². The van der Waals surface area contributed by atoms with Crippen LogP contribution < -0.4 is 19.7 Å². The highest BCUT2D eigenvalue weighted by Crippen LogP contribution is 2.34. The fourth-order valence-electron chi connectivity index (χ4n) is 4.30. The van der Waals surface area contributed by atoms with Crippen molar-refractivity contribution in [2.45, 2.75) is 33.1 Å². The molecule has 1 saturated heterocycles. The molecule has 0 atom stereocenters. The summed E-state index contributed by atoms with van der Waals surface area (Å²) in [5.41, 5.74) is 1.18. The lowest BCUT2D eigenvalue weighted by Crippen LogP contribution is -2.38. The largest absolute Gasteiger partial charge is 0.466 e. The zero-order valence-corrected chi connectivity index (χ0v) is 19.7. The predicted octanol–water partition coefficient (Wildman–Crippen LogP) is 4.16. The number of hydrogen-bond acceptors (Lipinski definition) is 9. The van der Waals surface area contributed by atoms with Crippen molar-refractivity contribution in [3.05, 3.63) is 34.7 Å². The van der Waals surface area contributed by atoms with E-state index in [1.807, 2.05) is 19.1 Å². The number of carbonyl (C=O) groups is 1.